The average molecular weight is 358 g/mol. The van der Waals surface area contributed by atoms with Gasteiger partial charge >= 0.3 is 0 Å². The first-order valence-electron chi connectivity index (χ1n) is 5.91. The summed E-state index contributed by atoms with van der Waals surface area (Å²) in [5.74, 6) is 2.67. The summed E-state index contributed by atoms with van der Waals surface area (Å²) in [6.07, 6.45) is 0. The zero-order chi connectivity index (χ0) is 14.5. The molecule has 0 bridgehead atoms. The van der Waals surface area contributed by atoms with Crippen LogP contribution in [0.4, 0.5) is 0 Å². The molecule has 106 valence electrons. The third-order valence-electron chi connectivity index (χ3n) is 2.73. The number of hydrogen-bond acceptors (Lipinski definition) is 3. The summed E-state index contributed by atoms with van der Waals surface area (Å²) in [6.45, 7) is 0. The SMILES string of the molecule is COc1cc(OC)cc(Oc2cc(Cl)ccc2CBr)c1. The van der Waals surface area contributed by atoms with Crippen LogP contribution in [0.3, 0.4) is 0 Å². The molecule has 5 heteroatoms. The van der Waals surface area contributed by atoms with Crippen molar-refractivity contribution in [2.75, 3.05) is 14.2 Å². The average Bonchev–Trinajstić information content (AvgIpc) is 2.47. The molecule has 0 saturated heterocycles. The van der Waals surface area contributed by atoms with Crippen LogP contribution < -0.4 is 14.2 Å². The lowest BCUT2D eigenvalue weighted by atomic mass is 10.2. The highest BCUT2D eigenvalue weighted by molar-refractivity contribution is 9.08. The van der Waals surface area contributed by atoms with Crippen molar-refractivity contribution in [2.45, 2.75) is 5.33 Å². The van der Waals surface area contributed by atoms with E-state index in [0.29, 0.717) is 33.4 Å². The minimum Gasteiger partial charge on any atom is -0.496 e. The lowest BCUT2D eigenvalue weighted by Crippen LogP contribution is -1.92. The van der Waals surface area contributed by atoms with Crippen LogP contribution in [0.1, 0.15) is 5.56 Å². The highest BCUT2D eigenvalue weighted by atomic mass is 79.9. The van der Waals surface area contributed by atoms with Crippen LogP contribution in [0.15, 0.2) is 36.4 Å². The summed E-state index contributed by atoms with van der Waals surface area (Å²) in [4.78, 5) is 0. The fourth-order valence-corrected chi connectivity index (χ4v) is 2.33. The van der Waals surface area contributed by atoms with Gasteiger partial charge in [-0.2, -0.15) is 0 Å². The second-order valence-electron chi connectivity index (χ2n) is 4.04. The molecule has 20 heavy (non-hydrogen) atoms. The number of benzene rings is 2. The minimum atomic E-state index is 0.625. The van der Waals surface area contributed by atoms with E-state index in [1.165, 1.54) is 0 Å². The molecule has 0 heterocycles. The predicted molar refractivity (Wildman–Crippen MR) is 83.7 cm³/mol. The van der Waals surface area contributed by atoms with Gasteiger partial charge in [0.15, 0.2) is 0 Å². The molecule has 0 amide bonds. The quantitative estimate of drug-likeness (QED) is 0.701. The van der Waals surface area contributed by atoms with E-state index in [-0.39, 0.29) is 0 Å². The van der Waals surface area contributed by atoms with Crippen molar-refractivity contribution in [1.82, 2.24) is 0 Å². The van der Waals surface area contributed by atoms with Gasteiger partial charge in [-0.25, -0.2) is 0 Å². The molecular weight excluding hydrogens is 344 g/mol. The van der Waals surface area contributed by atoms with E-state index in [0.717, 1.165) is 5.56 Å². The minimum absolute atomic E-state index is 0.625. The van der Waals surface area contributed by atoms with Crippen molar-refractivity contribution >= 4 is 27.5 Å². The number of rotatable bonds is 5. The van der Waals surface area contributed by atoms with E-state index in [2.05, 4.69) is 15.9 Å². The first kappa shape index (κ1) is 15.0. The summed E-state index contributed by atoms with van der Waals surface area (Å²) in [6, 6.07) is 10.9. The van der Waals surface area contributed by atoms with Crippen molar-refractivity contribution in [3.05, 3.63) is 47.0 Å². The number of halogens is 2. The molecule has 0 atom stereocenters. The van der Waals surface area contributed by atoms with E-state index in [4.69, 9.17) is 25.8 Å². The number of ether oxygens (including phenoxy) is 3. The molecular formula is C15H14BrClO3. The van der Waals surface area contributed by atoms with Crippen LogP contribution in [0.5, 0.6) is 23.0 Å². The van der Waals surface area contributed by atoms with Gasteiger partial charge in [0.25, 0.3) is 0 Å². The molecule has 0 aliphatic heterocycles. The van der Waals surface area contributed by atoms with Gasteiger partial charge in [-0.3, -0.25) is 0 Å². The summed E-state index contributed by atoms with van der Waals surface area (Å²) in [7, 11) is 3.20. The molecule has 0 aliphatic carbocycles. The molecule has 2 aromatic rings. The third kappa shape index (κ3) is 3.58. The van der Waals surface area contributed by atoms with Gasteiger partial charge in [0.1, 0.15) is 23.0 Å². The second-order valence-corrected chi connectivity index (χ2v) is 5.03. The number of hydrogen-bond donors (Lipinski definition) is 0. The van der Waals surface area contributed by atoms with E-state index in [1.807, 2.05) is 12.1 Å². The highest BCUT2D eigenvalue weighted by Crippen LogP contribution is 2.34. The van der Waals surface area contributed by atoms with Gasteiger partial charge in [-0.1, -0.05) is 33.6 Å². The van der Waals surface area contributed by atoms with E-state index in [9.17, 15) is 0 Å². The van der Waals surface area contributed by atoms with Gasteiger partial charge in [0, 0.05) is 34.1 Å². The molecule has 2 rings (SSSR count). The van der Waals surface area contributed by atoms with Crippen LogP contribution >= 0.6 is 27.5 Å². The molecule has 0 aliphatic rings. The van der Waals surface area contributed by atoms with Gasteiger partial charge in [-0.15, -0.1) is 0 Å². The van der Waals surface area contributed by atoms with E-state index < -0.39 is 0 Å². The Hall–Kier alpha value is -1.39. The summed E-state index contributed by atoms with van der Waals surface area (Å²) < 4.78 is 16.3. The zero-order valence-corrected chi connectivity index (χ0v) is 13.5. The molecule has 2 aromatic carbocycles. The van der Waals surface area contributed by atoms with Gasteiger partial charge in [0.2, 0.25) is 0 Å². The first-order chi connectivity index (χ1) is 9.66. The number of alkyl halides is 1. The summed E-state index contributed by atoms with van der Waals surface area (Å²) >= 11 is 9.44. The zero-order valence-electron chi connectivity index (χ0n) is 11.2. The van der Waals surface area contributed by atoms with Crippen molar-refractivity contribution < 1.29 is 14.2 Å². The molecule has 0 fully saturated rings. The van der Waals surface area contributed by atoms with Crippen LogP contribution in [-0.2, 0) is 5.33 Å². The Balaban J connectivity index is 2.36. The lowest BCUT2D eigenvalue weighted by Gasteiger charge is -2.12. The maximum atomic E-state index is 6.01. The predicted octanol–water partition coefficient (Wildman–Crippen LogP) is 5.04. The third-order valence-corrected chi connectivity index (χ3v) is 3.57. The van der Waals surface area contributed by atoms with Crippen molar-refractivity contribution in [3.8, 4) is 23.0 Å². The molecule has 0 unspecified atom stereocenters. The maximum absolute atomic E-state index is 6.01. The van der Waals surface area contributed by atoms with Crippen LogP contribution in [-0.4, -0.2) is 14.2 Å². The number of methoxy groups -OCH3 is 2. The fraction of sp³-hybridized carbons (Fsp3) is 0.200. The summed E-state index contributed by atoms with van der Waals surface area (Å²) in [5.41, 5.74) is 1.01. The second kappa shape index (κ2) is 6.86. The van der Waals surface area contributed by atoms with Gasteiger partial charge in [0.05, 0.1) is 14.2 Å². The topological polar surface area (TPSA) is 27.7 Å². The Morgan fingerprint density at radius 1 is 0.950 bits per heavy atom. The first-order valence-corrected chi connectivity index (χ1v) is 7.41. The monoisotopic (exact) mass is 356 g/mol. The molecule has 3 nitrogen and oxygen atoms in total. The fourth-order valence-electron chi connectivity index (χ4n) is 1.70. The Kier molecular flexibility index (Phi) is 5.15. The standard InChI is InChI=1S/C15H14BrClO3/c1-18-12-6-13(19-2)8-14(7-12)20-15-5-11(17)4-3-10(15)9-16/h3-8H,9H2,1-2H3. The van der Waals surface area contributed by atoms with E-state index in [1.54, 1.807) is 38.5 Å². The molecule has 0 N–H and O–H groups in total. The van der Waals surface area contributed by atoms with Crippen LogP contribution in [0.25, 0.3) is 0 Å². The Bertz CT molecular complexity index is 579. The maximum Gasteiger partial charge on any atom is 0.134 e. The van der Waals surface area contributed by atoms with Crippen molar-refractivity contribution in [1.29, 1.82) is 0 Å². The van der Waals surface area contributed by atoms with Crippen LogP contribution in [0.2, 0.25) is 5.02 Å². The van der Waals surface area contributed by atoms with Crippen LogP contribution in [0, 0.1) is 0 Å². The van der Waals surface area contributed by atoms with Crippen molar-refractivity contribution in [2.24, 2.45) is 0 Å². The Morgan fingerprint density at radius 2 is 1.55 bits per heavy atom. The smallest absolute Gasteiger partial charge is 0.134 e. The van der Waals surface area contributed by atoms with E-state index >= 15 is 0 Å². The molecule has 0 saturated carbocycles. The summed E-state index contributed by atoms with van der Waals surface area (Å²) in [5, 5.41) is 1.31. The normalized spacial score (nSPS) is 10.2. The van der Waals surface area contributed by atoms with Gasteiger partial charge < -0.3 is 14.2 Å². The Labute approximate surface area is 131 Å². The molecule has 0 spiro atoms. The molecule has 0 radical (unpaired) electrons. The highest BCUT2D eigenvalue weighted by Gasteiger charge is 2.08. The van der Waals surface area contributed by atoms with Crippen molar-refractivity contribution in [3.63, 3.8) is 0 Å². The lowest BCUT2D eigenvalue weighted by molar-refractivity contribution is 0.386. The van der Waals surface area contributed by atoms with Gasteiger partial charge in [-0.05, 0) is 12.1 Å². The molecule has 0 aromatic heterocycles. The Morgan fingerprint density at radius 3 is 2.10 bits per heavy atom. The largest absolute Gasteiger partial charge is 0.496 e.